The number of aromatic nitrogens is 2. The number of nitrogens with zero attached hydrogens (tertiary/aromatic N) is 2. The van der Waals surface area contributed by atoms with Gasteiger partial charge in [0.2, 0.25) is 0 Å². The maximum absolute atomic E-state index is 12.2. The summed E-state index contributed by atoms with van der Waals surface area (Å²) in [6.07, 6.45) is 4.60. The van der Waals surface area contributed by atoms with E-state index in [0.717, 1.165) is 5.56 Å². The lowest BCUT2D eigenvalue weighted by Crippen LogP contribution is -2.23. The van der Waals surface area contributed by atoms with Crippen molar-refractivity contribution in [3.8, 4) is 0 Å². The predicted molar refractivity (Wildman–Crippen MR) is 99.0 cm³/mol. The van der Waals surface area contributed by atoms with Crippen LogP contribution in [-0.2, 0) is 6.54 Å². The number of nitrogens with one attached hydrogen (secondary N) is 2. The minimum Gasteiger partial charge on any atom is -0.348 e. The molecule has 3 rings (SSSR count). The van der Waals surface area contributed by atoms with E-state index >= 15 is 0 Å². The molecule has 0 spiro atoms. The van der Waals surface area contributed by atoms with E-state index in [1.165, 1.54) is 12.3 Å². The average molecular weight is 367 g/mol. The fraction of sp³-hybridized carbons (Fsp3) is 0.0526. The molecule has 26 heavy (non-hydrogen) atoms. The second-order valence-electron chi connectivity index (χ2n) is 5.44. The second-order valence-corrected chi connectivity index (χ2v) is 5.83. The van der Waals surface area contributed by atoms with Crippen LogP contribution >= 0.6 is 11.6 Å². The summed E-state index contributed by atoms with van der Waals surface area (Å²) in [6.45, 7) is 0.317. The summed E-state index contributed by atoms with van der Waals surface area (Å²) in [7, 11) is 0. The van der Waals surface area contributed by atoms with Crippen molar-refractivity contribution in [1.82, 2.24) is 15.3 Å². The Morgan fingerprint density at radius 3 is 2.46 bits per heavy atom. The van der Waals surface area contributed by atoms with E-state index in [1.807, 2.05) is 12.1 Å². The lowest BCUT2D eigenvalue weighted by molar-refractivity contribution is 0.0949. The van der Waals surface area contributed by atoms with Crippen molar-refractivity contribution in [1.29, 1.82) is 0 Å². The minimum atomic E-state index is -0.250. The fourth-order valence-corrected chi connectivity index (χ4v) is 2.47. The quantitative estimate of drug-likeness (QED) is 0.678. The molecule has 7 heteroatoms. The molecule has 0 unspecified atom stereocenters. The van der Waals surface area contributed by atoms with Gasteiger partial charge in [-0.25, -0.2) is 4.98 Å². The SMILES string of the molecule is O=C(NCc1cccc(NC(=O)c2ccncc2)c1)c1ccnc(Cl)c1. The van der Waals surface area contributed by atoms with E-state index in [2.05, 4.69) is 20.6 Å². The van der Waals surface area contributed by atoms with Crippen LogP contribution in [0.5, 0.6) is 0 Å². The first-order valence-electron chi connectivity index (χ1n) is 7.82. The first-order valence-corrected chi connectivity index (χ1v) is 8.20. The first-order chi connectivity index (χ1) is 12.6. The average Bonchev–Trinajstić information content (AvgIpc) is 2.67. The molecule has 2 amide bonds. The number of halogens is 1. The number of carbonyl (C=O) groups is 2. The Bertz CT molecular complexity index is 932. The van der Waals surface area contributed by atoms with Gasteiger partial charge >= 0.3 is 0 Å². The Morgan fingerprint density at radius 2 is 1.69 bits per heavy atom. The zero-order valence-electron chi connectivity index (χ0n) is 13.6. The largest absolute Gasteiger partial charge is 0.348 e. The maximum Gasteiger partial charge on any atom is 0.255 e. The standard InChI is InChI=1S/C19H15ClN4O2/c20-17-11-15(6-9-22-17)18(25)23-12-13-2-1-3-16(10-13)24-19(26)14-4-7-21-8-5-14/h1-11H,12H2,(H,23,25)(H,24,26). The second kappa shape index (κ2) is 8.22. The minimum absolute atomic E-state index is 0.222. The van der Waals surface area contributed by atoms with E-state index in [0.29, 0.717) is 23.4 Å². The van der Waals surface area contributed by atoms with Crippen molar-refractivity contribution >= 4 is 29.1 Å². The van der Waals surface area contributed by atoms with Crippen LogP contribution in [0.15, 0.2) is 67.1 Å². The molecule has 0 atom stereocenters. The first kappa shape index (κ1) is 17.6. The fourth-order valence-electron chi connectivity index (χ4n) is 2.29. The molecule has 130 valence electrons. The van der Waals surface area contributed by atoms with Gasteiger partial charge < -0.3 is 10.6 Å². The summed E-state index contributed by atoms with van der Waals surface area (Å²) in [4.78, 5) is 32.1. The van der Waals surface area contributed by atoms with Crippen LogP contribution in [0.25, 0.3) is 0 Å². The lowest BCUT2D eigenvalue weighted by Gasteiger charge is -2.09. The van der Waals surface area contributed by atoms with E-state index in [9.17, 15) is 9.59 Å². The molecule has 0 aliphatic carbocycles. The number of amides is 2. The van der Waals surface area contributed by atoms with Crippen LogP contribution in [0.1, 0.15) is 26.3 Å². The third kappa shape index (κ3) is 4.64. The molecule has 2 aromatic heterocycles. The maximum atomic E-state index is 12.2. The smallest absolute Gasteiger partial charge is 0.255 e. The number of anilines is 1. The van der Waals surface area contributed by atoms with Gasteiger partial charge in [0.15, 0.2) is 0 Å². The molecule has 0 saturated carbocycles. The van der Waals surface area contributed by atoms with Crippen LogP contribution in [0.2, 0.25) is 5.15 Å². The van der Waals surface area contributed by atoms with Crippen LogP contribution in [0, 0.1) is 0 Å². The topological polar surface area (TPSA) is 84.0 Å². The number of benzene rings is 1. The summed E-state index contributed by atoms with van der Waals surface area (Å²) >= 11 is 5.79. The third-order valence-corrected chi connectivity index (χ3v) is 3.78. The Kier molecular flexibility index (Phi) is 5.56. The van der Waals surface area contributed by atoms with E-state index in [4.69, 9.17) is 11.6 Å². The molecule has 1 aromatic carbocycles. The van der Waals surface area contributed by atoms with Gasteiger partial charge in [0.05, 0.1) is 0 Å². The van der Waals surface area contributed by atoms with Gasteiger partial charge in [-0.15, -0.1) is 0 Å². The van der Waals surface area contributed by atoms with Gasteiger partial charge in [-0.3, -0.25) is 14.6 Å². The molecular formula is C19H15ClN4O2. The Morgan fingerprint density at radius 1 is 0.923 bits per heavy atom. The Hall–Kier alpha value is -3.25. The highest BCUT2D eigenvalue weighted by molar-refractivity contribution is 6.29. The van der Waals surface area contributed by atoms with E-state index < -0.39 is 0 Å². The Labute approximate surface area is 155 Å². The molecule has 6 nitrogen and oxygen atoms in total. The van der Waals surface area contributed by atoms with Crippen LogP contribution < -0.4 is 10.6 Å². The van der Waals surface area contributed by atoms with Crippen molar-refractivity contribution in [3.05, 3.63) is 89.0 Å². The molecule has 2 N–H and O–H groups in total. The summed E-state index contributed by atoms with van der Waals surface area (Å²) in [5.74, 6) is -0.472. The summed E-state index contributed by atoms with van der Waals surface area (Å²) in [5, 5.41) is 5.89. The normalized spacial score (nSPS) is 10.2. The van der Waals surface area contributed by atoms with E-state index in [1.54, 1.807) is 42.7 Å². The van der Waals surface area contributed by atoms with Crippen LogP contribution in [0.4, 0.5) is 5.69 Å². The zero-order valence-corrected chi connectivity index (χ0v) is 14.4. The number of rotatable bonds is 5. The number of hydrogen-bond acceptors (Lipinski definition) is 4. The number of hydrogen-bond donors (Lipinski definition) is 2. The highest BCUT2D eigenvalue weighted by atomic mass is 35.5. The molecule has 0 bridgehead atoms. The van der Waals surface area contributed by atoms with Gasteiger partial charge in [-0.2, -0.15) is 0 Å². The molecule has 0 fully saturated rings. The number of carbonyl (C=O) groups excluding carboxylic acids is 2. The van der Waals surface area contributed by atoms with Crippen molar-refractivity contribution in [2.45, 2.75) is 6.54 Å². The summed E-state index contributed by atoms with van der Waals surface area (Å²) in [5.41, 5.74) is 2.46. The summed E-state index contributed by atoms with van der Waals surface area (Å²) < 4.78 is 0. The number of pyridine rings is 2. The molecule has 3 aromatic rings. The molecule has 0 saturated heterocycles. The van der Waals surface area contributed by atoms with Crippen LogP contribution in [-0.4, -0.2) is 21.8 Å². The van der Waals surface area contributed by atoms with Gasteiger partial charge in [0.25, 0.3) is 11.8 Å². The highest BCUT2D eigenvalue weighted by Crippen LogP contribution is 2.13. The zero-order chi connectivity index (χ0) is 18.4. The molecule has 2 heterocycles. The molecule has 0 radical (unpaired) electrons. The lowest BCUT2D eigenvalue weighted by atomic mass is 10.1. The van der Waals surface area contributed by atoms with Crippen molar-refractivity contribution in [3.63, 3.8) is 0 Å². The summed E-state index contributed by atoms with van der Waals surface area (Å²) in [6, 6.07) is 13.6. The van der Waals surface area contributed by atoms with Crippen molar-refractivity contribution in [2.24, 2.45) is 0 Å². The van der Waals surface area contributed by atoms with Crippen molar-refractivity contribution < 1.29 is 9.59 Å². The highest BCUT2D eigenvalue weighted by Gasteiger charge is 2.08. The monoisotopic (exact) mass is 366 g/mol. The van der Waals surface area contributed by atoms with E-state index in [-0.39, 0.29) is 17.0 Å². The van der Waals surface area contributed by atoms with Gasteiger partial charge in [0, 0.05) is 41.9 Å². The van der Waals surface area contributed by atoms with Gasteiger partial charge in [0.1, 0.15) is 5.15 Å². The van der Waals surface area contributed by atoms with Crippen molar-refractivity contribution in [2.75, 3.05) is 5.32 Å². The Balaban J connectivity index is 1.62. The molecular weight excluding hydrogens is 352 g/mol. The van der Waals surface area contributed by atoms with Crippen LogP contribution in [0.3, 0.4) is 0 Å². The van der Waals surface area contributed by atoms with Gasteiger partial charge in [-0.05, 0) is 42.0 Å². The van der Waals surface area contributed by atoms with Gasteiger partial charge in [-0.1, -0.05) is 23.7 Å². The molecule has 0 aliphatic heterocycles. The molecule has 0 aliphatic rings. The predicted octanol–water partition coefficient (Wildman–Crippen LogP) is 3.31. The third-order valence-electron chi connectivity index (χ3n) is 3.57.